The first-order chi connectivity index (χ1) is 12.2. The molecule has 10 heteroatoms. The smallest absolute Gasteiger partial charge is 0.346 e. The van der Waals surface area contributed by atoms with Crippen LogP contribution in [0.15, 0.2) is 12.3 Å². The monoisotopic (exact) mass is 389 g/mol. The molecule has 3 rings (SSSR count). The molecule has 0 aromatic carbocycles. The van der Waals surface area contributed by atoms with Gasteiger partial charge < -0.3 is 5.32 Å². The van der Waals surface area contributed by atoms with Crippen LogP contribution in [-0.2, 0) is 24.1 Å². The average Bonchev–Trinajstić information content (AvgIpc) is 3.15. The highest BCUT2D eigenvalue weighted by atomic mass is 35.5. The molecule has 1 aliphatic rings. The van der Waals surface area contributed by atoms with Crippen LogP contribution in [0, 0.1) is 0 Å². The number of nitrogens with one attached hydrogen (secondary N) is 1. The predicted molar refractivity (Wildman–Crippen MR) is 88.7 cm³/mol. The molecule has 2 aromatic heterocycles. The number of alkyl halides is 3. The van der Waals surface area contributed by atoms with Crippen LogP contribution in [0.25, 0.3) is 0 Å². The predicted octanol–water partition coefficient (Wildman–Crippen LogP) is 3.53. The summed E-state index contributed by atoms with van der Waals surface area (Å²) in [5, 5.41) is 10.2. The number of hydrogen-bond acceptors (Lipinski definition) is 3. The molecule has 26 heavy (non-hydrogen) atoms. The van der Waals surface area contributed by atoms with Crippen molar-refractivity contribution in [3.63, 3.8) is 0 Å². The average molecular weight is 390 g/mol. The molecule has 2 heterocycles. The first-order valence-electron chi connectivity index (χ1n) is 8.36. The van der Waals surface area contributed by atoms with Gasteiger partial charge >= 0.3 is 6.18 Å². The minimum absolute atomic E-state index is 0.0726. The molecule has 142 valence electrons. The molecule has 0 spiro atoms. The molecule has 0 bridgehead atoms. The summed E-state index contributed by atoms with van der Waals surface area (Å²) in [7, 11) is 0. The van der Waals surface area contributed by atoms with E-state index in [1.165, 1.54) is 0 Å². The van der Waals surface area contributed by atoms with E-state index in [0.717, 1.165) is 17.5 Å². The molecule has 6 nitrogen and oxygen atoms in total. The van der Waals surface area contributed by atoms with Gasteiger partial charge in [0.1, 0.15) is 6.54 Å². The maximum atomic E-state index is 13.1. The Morgan fingerprint density at radius 2 is 2.12 bits per heavy atom. The summed E-state index contributed by atoms with van der Waals surface area (Å²) < 4.78 is 42.0. The molecule has 1 N–H and O–H groups in total. The van der Waals surface area contributed by atoms with Crippen molar-refractivity contribution < 1.29 is 18.0 Å². The second-order valence-electron chi connectivity index (χ2n) is 6.36. The van der Waals surface area contributed by atoms with E-state index in [1.54, 1.807) is 23.9 Å². The summed E-state index contributed by atoms with van der Waals surface area (Å²) in [6.45, 7) is 4.09. The summed E-state index contributed by atoms with van der Waals surface area (Å²) in [5.74, 6) is -0.519. The lowest BCUT2D eigenvalue weighted by Gasteiger charge is -2.13. The van der Waals surface area contributed by atoms with Gasteiger partial charge in [0.2, 0.25) is 5.91 Å². The number of rotatable bonds is 6. The fraction of sp³-hybridized carbons (Fsp3) is 0.562. The van der Waals surface area contributed by atoms with Gasteiger partial charge in [0.25, 0.3) is 0 Å². The third-order valence-electron chi connectivity index (χ3n) is 4.26. The Morgan fingerprint density at radius 1 is 1.42 bits per heavy atom. The van der Waals surface area contributed by atoms with E-state index in [-0.39, 0.29) is 24.2 Å². The maximum Gasteiger partial charge on any atom is 0.436 e. The minimum Gasteiger partial charge on any atom is -0.346 e. The molecule has 1 unspecified atom stereocenters. The van der Waals surface area contributed by atoms with Crippen molar-refractivity contribution >= 4 is 17.5 Å². The van der Waals surface area contributed by atoms with Gasteiger partial charge in [0, 0.05) is 18.7 Å². The Bertz CT molecular complexity index is 809. The topological polar surface area (TPSA) is 64.7 Å². The standard InChI is InChI=1S/C16H19ClF3N5O/c1-3-24-7-6-11(22-24)9(2)21-12(26)8-25-14(10-4-5-10)13(17)15(23-25)16(18,19)20/h6-7,9-10H,3-5,8H2,1-2H3,(H,21,26). The number of nitrogens with zero attached hydrogens (tertiary/aromatic N) is 4. The summed E-state index contributed by atoms with van der Waals surface area (Å²) in [4.78, 5) is 12.3. The van der Waals surface area contributed by atoms with Crippen molar-refractivity contribution in [2.24, 2.45) is 0 Å². The Morgan fingerprint density at radius 3 is 2.65 bits per heavy atom. The fourth-order valence-electron chi connectivity index (χ4n) is 2.78. The number of carbonyl (C=O) groups is 1. The van der Waals surface area contributed by atoms with Crippen molar-refractivity contribution in [1.29, 1.82) is 0 Å². The Kier molecular flexibility index (Phi) is 5.01. The van der Waals surface area contributed by atoms with Gasteiger partial charge in [-0.1, -0.05) is 11.6 Å². The fourth-order valence-corrected chi connectivity index (χ4v) is 3.18. The second kappa shape index (κ2) is 6.94. The highest BCUT2D eigenvalue weighted by Gasteiger charge is 2.42. The SMILES string of the molecule is CCn1ccc(C(C)NC(=O)Cn2nc(C(F)(F)F)c(Cl)c2C2CC2)n1. The molecule has 0 aliphatic heterocycles. The van der Waals surface area contributed by atoms with Crippen LogP contribution in [0.1, 0.15) is 55.7 Å². The summed E-state index contributed by atoms with van der Waals surface area (Å²) in [5.41, 5.74) is -0.169. The van der Waals surface area contributed by atoms with Gasteiger partial charge in [-0.15, -0.1) is 0 Å². The number of hydrogen-bond donors (Lipinski definition) is 1. The molecule has 1 aliphatic carbocycles. The van der Waals surface area contributed by atoms with Crippen LogP contribution in [0.4, 0.5) is 13.2 Å². The quantitative estimate of drug-likeness (QED) is 0.822. The number of carbonyl (C=O) groups excluding carboxylic acids is 1. The summed E-state index contributed by atoms with van der Waals surface area (Å²) >= 11 is 5.91. The highest BCUT2D eigenvalue weighted by molar-refractivity contribution is 6.32. The van der Waals surface area contributed by atoms with E-state index in [2.05, 4.69) is 15.5 Å². The van der Waals surface area contributed by atoms with Crippen molar-refractivity contribution in [2.75, 3.05) is 0 Å². The van der Waals surface area contributed by atoms with E-state index in [1.807, 2.05) is 6.92 Å². The van der Waals surface area contributed by atoms with E-state index >= 15 is 0 Å². The molecule has 1 fully saturated rings. The zero-order chi connectivity index (χ0) is 19.1. The molecule has 2 aromatic rings. The van der Waals surface area contributed by atoms with Crippen molar-refractivity contribution in [2.45, 2.75) is 57.9 Å². The Hall–Kier alpha value is -2.03. The lowest BCUT2D eigenvalue weighted by Crippen LogP contribution is -2.31. The molecular formula is C16H19ClF3N5O. The van der Waals surface area contributed by atoms with Crippen molar-refractivity contribution in [3.05, 3.63) is 34.4 Å². The number of aryl methyl sites for hydroxylation is 1. The Labute approximate surface area is 153 Å². The van der Waals surface area contributed by atoms with Gasteiger partial charge in [-0.25, -0.2) is 0 Å². The van der Waals surface area contributed by atoms with Crippen molar-refractivity contribution in [3.8, 4) is 0 Å². The molecular weight excluding hydrogens is 371 g/mol. The van der Waals surface area contributed by atoms with Gasteiger partial charge in [-0.2, -0.15) is 23.4 Å². The number of aromatic nitrogens is 4. The van der Waals surface area contributed by atoms with Crippen LogP contribution >= 0.6 is 11.6 Å². The minimum atomic E-state index is -4.65. The van der Waals surface area contributed by atoms with E-state index in [0.29, 0.717) is 12.2 Å². The Balaban J connectivity index is 1.74. The van der Waals surface area contributed by atoms with Gasteiger partial charge in [0.15, 0.2) is 5.69 Å². The number of halogens is 4. The molecule has 0 saturated heterocycles. The zero-order valence-electron chi connectivity index (χ0n) is 14.3. The molecule has 0 radical (unpaired) electrons. The largest absolute Gasteiger partial charge is 0.436 e. The molecule has 1 atom stereocenters. The highest BCUT2D eigenvalue weighted by Crippen LogP contribution is 2.46. The van der Waals surface area contributed by atoms with Gasteiger partial charge in [-0.3, -0.25) is 14.2 Å². The van der Waals surface area contributed by atoms with Gasteiger partial charge in [-0.05, 0) is 32.8 Å². The molecule has 1 amide bonds. The lowest BCUT2D eigenvalue weighted by atomic mass is 10.2. The summed E-state index contributed by atoms with van der Waals surface area (Å²) in [6.07, 6.45) is -1.36. The van der Waals surface area contributed by atoms with Crippen LogP contribution in [0.2, 0.25) is 5.02 Å². The van der Waals surface area contributed by atoms with Crippen molar-refractivity contribution in [1.82, 2.24) is 24.9 Å². The first-order valence-corrected chi connectivity index (χ1v) is 8.74. The lowest BCUT2D eigenvalue weighted by molar-refractivity contribution is -0.141. The van der Waals surface area contributed by atoms with E-state index in [4.69, 9.17) is 11.6 Å². The normalized spacial score (nSPS) is 15.9. The van der Waals surface area contributed by atoms with E-state index < -0.39 is 22.8 Å². The zero-order valence-corrected chi connectivity index (χ0v) is 15.1. The summed E-state index contributed by atoms with van der Waals surface area (Å²) in [6, 6.07) is 1.42. The van der Waals surface area contributed by atoms with E-state index in [9.17, 15) is 18.0 Å². The number of amides is 1. The second-order valence-corrected chi connectivity index (χ2v) is 6.74. The third-order valence-corrected chi connectivity index (χ3v) is 4.64. The van der Waals surface area contributed by atoms with Crippen LogP contribution in [-0.4, -0.2) is 25.5 Å². The first kappa shape index (κ1) is 18.8. The van der Waals surface area contributed by atoms with Crippen LogP contribution in [0.3, 0.4) is 0 Å². The van der Waals surface area contributed by atoms with Gasteiger partial charge in [0.05, 0.1) is 22.5 Å². The molecule has 1 saturated carbocycles. The third kappa shape index (κ3) is 3.87. The maximum absolute atomic E-state index is 13.1. The van der Waals surface area contributed by atoms with Crippen LogP contribution < -0.4 is 5.32 Å². The van der Waals surface area contributed by atoms with Crippen LogP contribution in [0.5, 0.6) is 0 Å².